The van der Waals surface area contributed by atoms with Crippen LogP contribution in [0.25, 0.3) is 0 Å². The molecule has 0 radical (unpaired) electrons. The summed E-state index contributed by atoms with van der Waals surface area (Å²) >= 11 is 0. The van der Waals surface area contributed by atoms with E-state index in [-0.39, 0.29) is 29.7 Å². The number of hydrogen-bond donors (Lipinski definition) is 2. The highest BCUT2D eigenvalue weighted by molar-refractivity contribution is 5.78. The molecule has 1 heterocycles. The van der Waals surface area contributed by atoms with E-state index < -0.39 is 0 Å². The van der Waals surface area contributed by atoms with Gasteiger partial charge in [-0.15, -0.1) is 0 Å². The maximum atomic E-state index is 12.8. The number of aromatic amines is 1. The lowest BCUT2D eigenvalue weighted by Crippen LogP contribution is -2.40. The number of benzene rings is 1. The van der Waals surface area contributed by atoms with E-state index in [1.165, 1.54) is 18.2 Å². The van der Waals surface area contributed by atoms with Gasteiger partial charge in [-0.3, -0.25) is 9.59 Å². The summed E-state index contributed by atoms with van der Waals surface area (Å²) in [5, 5.41) is 3.01. The van der Waals surface area contributed by atoms with Gasteiger partial charge in [0.05, 0.1) is 6.42 Å². The van der Waals surface area contributed by atoms with E-state index in [4.69, 9.17) is 0 Å². The molecule has 0 fully saturated rings. The SMILES string of the molecule is O=C(Cc1ccc(F)cc1)N[C@@H]1CCc2[nH]c(=O)ccc2C1. The molecule has 0 aliphatic heterocycles. The van der Waals surface area contributed by atoms with Crippen LogP contribution in [0.15, 0.2) is 41.2 Å². The number of fused-ring (bicyclic) bond motifs is 1. The fourth-order valence-corrected chi connectivity index (χ4v) is 2.84. The van der Waals surface area contributed by atoms with Gasteiger partial charge in [0.15, 0.2) is 0 Å². The third-order valence-electron chi connectivity index (χ3n) is 3.95. The summed E-state index contributed by atoms with van der Waals surface area (Å²) in [6, 6.07) is 9.37. The van der Waals surface area contributed by atoms with Crippen molar-refractivity contribution in [2.75, 3.05) is 0 Å². The fraction of sp³-hybridized carbons (Fsp3) is 0.294. The minimum atomic E-state index is -0.304. The third kappa shape index (κ3) is 3.42. The van der Waals surface area contributed by atoms with Gasteiger partial charge in [-0.25, -0.2) is 4.39 Å². The van der Waals surface area contributed by atoms with E-state index in [1.54, 1.807) is 12.1 Å². The molecule has 0 unspecified atom stereocenters. The van der Waals surface area contributed by atoms with Crippen molar-refractivity contribution in [2.45, 2.75) is 31.7 Å². The minimum absolute atomic E-state index is 0.0653. The van der Waals surface area contributed by atoms with Crippen molar-refractivity contribution in [3.63, 3.8) is 0 Å². The van der Waals surface area contributed by atoms with Gasteiger partial charge in [-0.05, 0) is 42.5 Å². The molecule has 2 N–H and O–H groups in total. The lowest BCUT2D eigenvalue weighted by molar-refractivity contribution is -0.121. The second-order valence-corrected chi connectivity index (χ2v) is 5.64. The standard InChI is InChI=1S/C17H17FN2O2/c18-13-4-1-11(2-5-13)9-17(22)19-14-6-7-15-12(10-14)3-8-16(21)20-15/h1-5,8,14H,6-7,9-10H2,(H,19,22)(H,20,21)/t14-/m1/s1. The van der Waals surface area contributed by atoms with Gasteiger partial charge in [0, 0.05) is 17.8 Å². The number of pyridine rings is 1. The number of carbonyl (C=O) groups excluding carboxylic acids is 1. The first-order valence-electron chi connectivity index (χ1n) is 7.35. The number of H-pyrrole nitrogens is 1. The average molecular weight is 300 g/mol. The predicted octanol–water partition coefficient (Wildman–Crippen LogP) is 1.73. The molecule has 0 bridgehead atoms. The van der Waals surface area contributed by atoms with Gasteiger partial charge in [-0.1, -0.05) is 18.2 Å². The number of rotatable bonds is 3. The molecule has 1 aliphatic rings. The molecule has 114 valence electrons. The molecule has 5 heteroatoms. The van der Waals surface area contributed by atoms with Crippen molar-refractivity contribution in [2.24, 2.45) is 0 Å². The lowest BCUT2D eigenvalue weighted by atomic mass is 9.91. The van der Waals surface area contributed by atoms with Crippen LogP contribution in [0.2, 0.25) is 0 Å². The lowest BCUT2D eigenvalue weighted by Gasteiger charge is -2.25. The first-order valence-corrected chi connectivity index (χ1v) is 7.35. The number of hydrogen-bond acceptors (Lipinski definition) is 2. The number of aromatic nitrogens is 1. The van der Waals surface area contributed by atoms with Crippen molar-refractivity contribution < 1.29 is 9.18 Å². The second kappa shape index (κ2) is 6.13. The Hall–Kier alpha value is -2.43. The summed E-state index contributed by atoms with van der Waals surface area (Å²) < 4.78 is 12.8. The number of carbonyl (C=O) groups is 1. The zero-order valence-electron chi connectivity index (χ0n) is 12.1. The van der Waals surface area contributed by atoms with Crippen molar-refractivity contribution in [1.29, 1.82) is 0 Å². The van der Waals surface area contributed by atoms with Crippen LogP contribution < -0.4 is 10.9 Å². The van der Waals surface area contributed by atoms with Crippen LogP contribution >= 0.6 is 0 Å². The molecule has 4 nitrogen and oxygen atoms in total. The van der Waals surface area contributed by atoms with Crippen LogP contribution in [0.3, 0.4) is 0 Å². The average Bonchev–Trinajstić information content (AvgIpc) is 2.50. The highest BCUT2D eigenvalue weighted by atomic mass is 19.1. The van der Waals surface area contributed by atoms with Crippen LogP contribution in [-0.2, 0) is 24.1 Å². The van der Waals surface area contributed by atoms with Crippen LogP contribution in [0.1, 0.15) is 23.2 Å². The quantitative estimate of drug-likeness (QED) is 0.907. The molecule has 22 heavy (non-hydrogen) atoms. The Bertz CT molecular complexity index is 737. The Labute approximate surface area is 127 Å². The second-order valence-electron chi connectivity index (χ2n) is 5.64. The maximum Gasteiger partial charge on any atom is 0.248 e. The van der Waals surface area contributed by atoms with E-state index in [0.29, 0.717) is 0 Å². The van der Waals surface area contributed by atoms with Crippen molar-refractivity contribution in [3.8, 4) is 0 Å². The minimum Gasteiger partial charge on any atom is -0.353 e. The smallest absolute Gasteiger partial charge is 0.248 e. The van der Waals surface area contributed by atoms with E-state index in [0.717, 1.165) is 36.1 Å². The molecule has 1 atom stereocenters. The van der Waals surface area contributed by atoms with Crippen molar-refractivity contribution in [1.82, 2.24) is 10.3 Å². The van der Waals surface area contributed by atoms with Gasteiger partial charge >= 0.3 is 0 Å². The van der Waals surface area contributed by atoms with Crippen LogP contribution in [0, 0.1) is 5.82 Å². The maximum absolute atomic E-state index is 12.8. The largest absolute Gasteiger partial charge is 0.353 e. The van der Waals surface area contributed by atoms with Crippen molar-refractivity contribution >= 4 is 5.91 Å². The van der Waals surface area contributed by atoms with Gasteiger partial charge in [0.1, 0.15) is 5.82 Å². The zero-order valence-corrected chi connectivity index (χ0v) is 12.1. The monoisotopic (exact) mass is 300 g/mol. The van der Waals surface area contributed by atoms with E-state index in [9.17, 15) is 14.0 Å². The summed E-state index contributed by atoms with van der Waals surface area (Å²) in [6.45, 7) is 0. The molecular formula is C17H17FN2O2. The predicted molar refractivity (Wildman–Crippen MR) is 81.1 cm³/mol. The van der Waals surface area contributed by atoms with Crippen molar-refractivity contribution in [3.05, 3.63) is 69.4 Å². The molecule has 0 saturated heterocycles. The normalized spacial score (nSPS) is 16.9. The van der Waals surface area contributed by atoms with Gasteiger partial charge in [0.25, 0.3) is 0 Å². The number of nitrogens with one attached hydrogen (secondary N) is 2. The van der Waals surface area contributed by atoms with E-state index in [1.807, 2.05) is 6.07 Å². The van der Waals surface area contributed by atoms with Crippen LogP contribution in [-0.4, -0.2) is 16.9 Å². The summed E-state index contributed by atoms with van der Waals surface area (Å²) in [5.74, 6) is -0.369. The Kier molecular flexibility index (Phi) is 4.04. The molecule has 1 aromatic carbocycles. The highest BCUT2D eigenvalue weighted by Gasteiger charge is 2.20. The molecular weight excluding hydrogens is 283 g/mol. The highest BCUT2D eigenvalue weighted by Crippen LogP contribution is 2.18. The van der Waals surface area contributed by atoms with Crippen LogP contribution in [0.4, 0.5) is 4.39 Å². The van der Waals surface area contributed by atoms with Gasteiger partial charge in [0.2, 0.25) is 11.5 Å². The van der Waals surface area contributed by atoms with E-state index >= 15 is 0 Å². The third-order valence-corrected chi connectivity index (χ3v) is 3.95. The Morgan fingerprint density at radius 2 is 2.00 bits per heavy atom. The van der Waals surface area contributed by atoms with E-state index in [2.05, 4.69) is 10.3 Å². The first kappa shape index (κ1) is 14.5. The molecule has 3 rings (SSSR count). The fourth-order valence-electron chi connectivity index (χ4n) is 2.84. The number of amides is 1. The summed E-state index contributed by atoms with van der Waals surface area (Å²) in [7, 11) is 0. The molecule has 1 aromatic heterocycles. The molecule has 2 aromatic rings. The Morgan fingerprint density at radius 3 is 2.77 bits per heavy atom. The summed E-state index contributed by atoms with van der Waals surface area (Å²) in [4.78, 5) is 26.2. The topological polar surface area (TPSA) is 62.0 Å². The van der Waals surface area contributed by atoms with Gasteiger partial charge < -0.3 is 10.3 Å². The number of aryl methyl sites for hydroxylation is 1. The number of halogens is 1. The zero-order chi connectivity index (χ0) is 15.5. The Balaban J connectivity index is 1.60. The molecule has 0 saturated carbocycles. The molecule has 1 aliphatic carbocycles. The van der Waals surface area contributed by atoms with Crippen LogP contribution in [0.5, 0.6) is 0 Å². The van der Waals surface area contributed by atoms with Gasteiger partial charge in [-0.2, -0.15) is 0 Å². The summed E-state index contributed by atoms with van der Waals surface area (Å²) in [5.41, 5.74) is 2.76. The first-order chi connectivity index (χ1) is 10.6. The molecule has 0 spiro atoms. The molecule has 1 amide bonds. The Morgan fingerprint density at radius 1 is 1.23 bits per heavy atom. The summed E-state index contributed by atoms with van der Waals surface area (Å²) in [6.07, 6.45) is 2.53.